The van der Waals surface area contributed by atoms with Crippen LogP contribution in [0.5, 0.6) is 11.5 Å². The summed E-state index contributed by atoms with van der Waals surface area (Å²) >= 11 is 6.84. The highest BCUT2D eigenvalue weighted by atomic mass is 79.9. The van der Waals surface area contributed by atoms with E-state index in [1.807, 2.05) is 19.9 Å². The molecule has 0 fully saturated rings. The summed E-state index contributed by atoms with van der Waals surface area (Å²) in [4.78, 5) is 29.7. The first-order valence-corrected chi connectivity index (χ1v) is 11.8. The standard InChI is InChI=1S/C23H23Br2N3O5/c1-5-32-20(29)12-33-21-14(8-16(25)10-19(21)31-4)11-26-28-22(13(2)3)27-18-7-6-15(24)9-17(18)23(28)30/h6-11,13H,5,12H2,1-4H3. The fourth-order valence-corrected chi connectivity index (χ4v) is 3.91. The van der Waals surface area contributed by atoms with Crippen LogP contribution in [0.1, 0.15) is 38.1 Å². The van der Waals surface area contributed by atoms with Gasteiger partial charge in [0, 0.05) is 20.4 Å². The zero-order valence-corrected chi connectivity index (χ0v) is 21.8. The van der Waals surface area contributed by atoms with Crippen molar-refractivity contribution in [2.45, 2.75) is 26.7 Å². The molecular weight excluding hydrogens is 558 g/mol. The van der Waals surface area contributed by atoms with Crippen molar-refractivity contribution in [2.24, 2.45) is 5.10 Å². The quantitative estimate of drug-likeness (QED) is 0.279. The van der Waals surface area contributed by atoms with E-state index in [1.165, 1.54) is 18.0 Å². The van der Waals surface area contributed by atoms with Gasteiger partial charge in [0.1, 0.15) is 5.82 Å². The molecule has 0 N–H and O–H groups in total. The van der Waals surface area contributed by atoms with E-state index in [1.54, 1.807) is 31.2 Å². The monoisotopic (exact) mass is 579 g/mol. The van der Waals surface area contributed by atoms with Gasteiger partial charge < -0.3 is 14.2 Å². The number of carbonyl (C=O) groups excluding carboxylic acids is 1. The van der Waals surface area contributed by atoms with Crippen LogP contribution in [0.4, 0.5) is 0 Å². The maximum absolute atomic E-state index is 13.3. The van der Waals surface area contributed by atoms with E-state index >= 15 is 0 Å². The average molecular weight is 581 g/mol. The number of nitrogens with zero attached hydrogens (tertiary/aromatic N) is 3. The second-order valence-electron chi connectivity index (χ2n) is 7.27. The summed E-state index contributed by atoms with van der Waals surface area (Å²) in [6, 6.07) is 8.81. The van der Waals surface area contributed by atoms with Crippen molar-refractivity contribution < 1.29 is 19.0 Å². The summed E-state index contributed by atoms with van der Waals surface area (Å²) in [5.74, 6) is 0.648. The fraction of sp³-hybridized carbons (Fsp3) is 0.304. The molecule has 0 radical (unpaired) electrons. The molecule has 0 saturated carbocycles. The van der Waals surface area contributed by atoms with Gasteiger partial charge in [-0.1, -0.05) is 45.7 Å². The Balaban J connectivity index is 2.11. The van der Waals surface area contributed by atoms with Gasteiger partial charge in [0.25, 0.3) is 5.56 Å². The lowest BCUT2D eigenvalue weighted by atomic mass is 10.2. The van der Waals surface area contributed by atoms with Gasteiger partial charge in [-0.3, -0.25) is 4.79 Å². The number of hydrogen-bond donors (Lipinski definition) is 0. The molecule has 1 aromatic heterocycles. The lowest BCUT2D eigenvalue weighted by molar-refractivity contribution is -0.145. The van der Waals surface area contributed by atoms with E-state index in [4.69, 9.17) is 14.2 Å². The summed E-state index contributed by atoms with van der Waals surface area (Å²) in [6.07, 6.45) is 1.48. The zero-order valence-electron chi connectivity index (χ0n) is 18.6. The van der Waals surface area contributed by atoms with Crippen LogP contribution in [0, 0.1) is 0 Å². The summed E-state index contributed by atoms with van der Waals surface area (Å²) in [6.45, 7) is 5.55. The summed E-state index contributed by atoms with van der Waals surface area (Å²) < 4.78 is 18.8. The number of hydrogen-bond acceptors (Lipinski definition) is 7. The molecule has 1 heterocycles. The van der Waals surface area contributed by atoms with E-state index in [9.17, 15) is 9.59 Å². The Morgan fingerprint density at radius 2 is 1.97 bits per heavy atom. The first-order chi connectivity index (χ1) is 15.7. The van der Waals surface area contributed by atoms with Gasteiger partial charge in [-0.25, -0.2) is 9.78 Å². The third-order valence-electron chi connectivity index (χ3n) is 4.57. The van der Waals surface area contributed by atoms with Crippen molar-refractivity contribution in [1.82, 2.24) is 9.66 Å². The number of aromatic nitrogens is 2. The molecule has 0 spiro atoms. The van der Waals surface area contributed by atoms with Crippen molar-refractivity contribution in [1.29, 1.82) is 0 Å². The SMILES string of the molecule is CCOC(=O)COc1c(C=Nn2c(C(C)C)nc3ccc(Br)cc3c2=O)cc(Br)cc1OC. The second-order valence-corrected chi connectivity index (χ2v) is 9.10. The van der Waals surface area contributed by atoms with Crippen LogP contribution < -0.4 is 15.0 Å². The van der Waals surface area contributed by atoms with Crippen LogP contribution in [0.25, 0.3) is 10.9 Å². The van der Waals surface area contributed by atoms with Crippen LogP contribution in [0.3, 0.4) is 0 Å². The maximum atomic E-state index is 13.3. The number of esters is 1. The number of fused-ring (bicyclic) bond motifs is 1. The Bertz CT molecular complexity index is 1270. The highest BCUT2D eigenvalue weighted by molar-refractivity contribution is 9.10. The van der Waals surface area contributed by atoms with Crippen LogP contribution in [-0.4, -0.2) is 42.2 Å². The minimum Gasteiger partial charge on any atom is -0.493 e. The highest BCUT2D eigenvalue weighted by Gasteiger charge is 2.16. The molecule has 3 aromatic rings. The number of methoxy groups -OCH3 is 1. The minimum atomic E-state index is -0.506. The third kappa shape index (κ3) is 5.80. The molecule has 0 atom stereocenters. The van der Waals surface area contributed by atoms with Crippen molar-refractivity contribution >= 4 is 54.9 Å². The van der Waals surface area contributed by atoms with E-state index in [-0.39, 0.29) is 24.7 Å². The summed E-state index contributed by atoms with van der Waals surface area (Å²) in [7, 11) is 1.49. The van der Waals surface area contributed by atoms with Crippen LogP contribution in [-0.2, 0) is 9.53 Å². The number of benzene rings is 2. The van der Waals surface area contributed by atoms with E-state index in [0.717, 1.165) is 4.47 Å². The van der Waals surface area contributed by atoms with E-state index in [0.29, 0.717) is 38.3 Å². The van der Waals surface area contributed by atoms with Crippen molar-refractivity contribution in [3.8, 4) is 11.5 Å². The summed E-state index contributed by atoms with van der Waals surface area (Å²) in [5.41, 5.74) is 0.805. The predicted molar refractivity (Wildman–Crippen MR) is 134 cm³/mol. The molecule has 3 rings (SSSR count). The van der Waals surface area contributed by atoms with Crippen LogP contribution in [0.15, 0.2) is 49.2 Å². The van der Waals surface area contributed by atoms with Crippen molar-refractivity contribution in [3.63, 3.8) is 0 Å². The van der Waals surface area contributed by atoms with E-state index in [2.05, 4.69) is 41.9 Å². The molecule has 0 aliphatic heterocycles. The number of halogens is 2. The zero-order chi connectivity index (χ0) is 24.1. The molecule has 174 valence electrons. The lowest BCUT2D eigenvalue weighted by Crippen LogP contribution is -2.23. The van der Waals surface area contributed by atoms with Gasteiger partial charge in [-0.15, -0.1) is 0 Å². The topological polar surface area (TPSA) is 92.0 Å². The smallest absolute Gasteiger partial charge is 0.344 e. The first kappa shape index (κ1) is 24.9. The number of ether oxygens (including phenoxy) is 3. The molecule has 10 heteroatoms. The van der Waals surface area contributed by atoms with Crippen LogP contribution in [0.2, 0.25) is 0 Å². The van der Waals surface area contributed by atoms with Crippen molar-refractivity contribution in [3.05, 3.63) is 61.0 Å². The molecule has 0 bridgehead atoms. The maximum Gasteiger partial charge on any atom is 0.344 e. The molecule has 0 aliphatic rings. The largest absolute Gasteiger partial charge is 0.493 e. The first-order valence-electron chi connectivity index (χ1n) is 10.2. The predicted octanol–water partition coefficient (Wildman–Crippen LogP) is 4.88. The van der Waals surface area contributed by atoms with E-state index < -0.39 is 5.97 Å². The molecular formula is C23H23Br2N3O5. The molecule has 8 nitrogen and oxygen atoms in total. The Kier molecular flexibility index (Phi) is 8.25. The Labute approximate surface area is 207 Å². The van der Waals surface area contributed by atoms with Gasteiger partial charge in [-0.2, -0.15) is 9.78 Å². The Hall–Kier alpha value is -2.72. The molecule has 33 heavy (non-hydrogen) atoms. The Morgan fingerprint density at radius 3 is 2.64 bits per heavy atom. The van der Waals surface area contributed by atoms with Gasteiger partial charge >= 0.3 is 5.97 Å². The summed E-state index contributed by atoms with van der Waals surface area (Å²) in [5, 5.41) is 4.89. The highest BCUT2D eigenvalue weighted by Crippen LogP contribution is 2.34. The fourth-order valence-electron chi connectivity index (χ4n) is 3.10. The van der Waals surface area contributed by atoms with Gasteiger partial charge in [0.2, 0.25) is 0 Å². The number of carbonyl (C=O) groups is 1. The molecule has 0 saturated heterocycles. The van der Waals surface area contributed by atoms with Gasteiger partial charge in [0.05, 0.1) is 30.8 Å². The molecule has 0 amide bonds. The normalized spacial score (nSPS) is 11.4. The number of rotatable bonds is 8. The second kappa shape index (κ2) is 10.9. The molecule has 0 aliphatic carbocycles. The molecule has 0 unspecified atom stereocenters. The Morgan fingerprint density at radius 1 is 1.21 bits per heavy atom. The van der Waals surface area contributed by atoms with Gasteiger partial charge in [0.15, 0.2) is 18.1 Å². The van der Waals surface area contributed by atoms with Crippen LogP contribution >= 0.6 is 31.9 Å². The average Bonchev–Trinajstić information content (AvgIpc) is 2.77. The van der Waals surface area contributed by atoms with Crippen molar-refractivity contribution in [2.75, 3.05) is 20.3 Å². The van der Waals surface area contributed by atoms with Gasteiger partial charge in [-0.05, 0) is 37.3 Å². The molecule has 2 aromatic carbocycles. The third-order valence-corrected chi connectivity index (χ3v) is 5.52. The lowest BCUT2D eigenvalue weighted by Gasteiger charge is -2.14. The minimum absolute atomic E-state index is 0.0560.